The molecule has 1 atom stereocenters. The van der Waals surface area contributed by atoms with E-state index < -0.39 is 0 Å². The second-order valence-electron chi connectivity index (χ2n) is 9.93. The third-order valence-electron chi connectivity index (χ3n) is 6.54. The van der Waals surface area contributed by atoms with E-state index in [-0.39, 0.29) is 17.9 Å². The van der Waals surface area contributed by atoms with Crippen molar-refractivity contribution < 1.29 is 14.3 Å². The van der Waals surface area contributed by atoms with Crippen LogP contribution >= 0.6 is 11.3 Å². The number of nitrogens with zero attached hydrogens (tertiary/aromatic N) is 2. The average Bonchev–Trinajstić information content (AvgIpc) is 3.24. The van der Waals surface area contributed by atoms with Gasteiger partial charge in [-0.2, -0.15) is 5.26 Å². The van der Waals surface area contributed by atoms with Gasteiger partial charge in [-0.1, -0.05) is 39.0 Å². The van der Waals surface area contributed by atoms with E-state index in [1.165, 1.54) is 4.88 Å². The summed E-state index contributed by atoms with van der Waals surface area (Å²) in [6, 6.07) is 16.9. The molecule has 0 saturated carbocycles. The number of ether oxygens (including phenoxy) is 2. The van der Waals surface area contributed by atoms with Crippen LogP contribution in [0.25, 0.3) is 0 Å². The predicted octanol–water partition coefficient (Wildman–Crippen LogP) is 6.81. The van der Waals surface area contributed by atoms with E-state index >= 15 is 0 Å². The minimum atomic E-state index is -0.127. The maximum absolute atomic E-state index is 13.5. The highest BCUT2D eigenvalue weighted by Crippen LogP contribution is 2.45. The zero-order chi connectivity index (χ0) is 25.7. The first-order chi connectivity index (χ1) is 17.3. The largest absolute Gasteiger partial charge is 0.493 e. The summed E-state index contributed by atoms with van der Waals surface area (Å²) < 4.78 is 10.8. The number of anilines is 1. The molecule has 4 rings (SSSR count). The number of hydrogen-bond donors (Lipinski definition) is 1. The number of fused-ring (bicyclic) bond motifs is 1. The van der Waals surface area contributed by atoms with Gasteiger partial charge in [-0.15, -0.1) is 11.3 Å². The van der Waals surface area contributed by atoms with Crippen molar-refractivity contribution in [2.75, 3.05) is 19.0 Å². The lowest BCUT2D eigenvalue weighted by atomic mass is 9.72. The van der Waals surface area contributed by atoms with Gasteiger partial charge in [-0.05, 0) is 72.1 Å². The maximum atomic E-state index is 13.5. The average molecular weight is 502 g/mol. The molecule has 0 radical (unpaired) electrons. The Balaban J connectivity index is 1.68. The Kier molecular flexibility index (Phi) is 7.76. The molecule has 0 fully saturated rings. The quantitative estimate of drug-likeness (QED) is 0.360. The Morgan fingerprint density at radius 1 is 1.22 bits per heavy atom. The van der Waals surface area contributed by atoms with Gasteiger partial charge in [0.15, 0.2) is 18.1 Å². The van der Waals surface area contributed by atoms with Crippen LogP contribution in [0.15, 0.2) is 53.5 Å². The Bertz CT molecular complexity index is 1300. The molecule has 6 nitrogen and oxygen atoms in total. The summed E-state index contributed by atoms with van der Waals surface area (Å²) >= 11 is 1.61. The maximum Gasteiger partial charge on any atom is 0.259 e. The lowest BCUT2D eigenvalue weighted by Crippen LogP contribution is -2.27. The Labute approximate surface area is 216 Å². The number of para-hydroxylation sites is 1. The van der Waals surface area contributed by atoms with Crippen LogP contribution in [0.4, 0.5) is 10.7 Å². The summed E-state index contributed by atoms with van der Waals surface area (Å²) in [6.45, 7) is 6.81. The normalized spacial score (nSPS) is 15.2. The first-order valence-corrected chi connectivity index (χ1v) is 12.8. The van der Waals surface area contributed by atoms with Crippen molar-refractivity contribution in [3.63, 3.8) is 0 Å². The van der Waals surface area contributed by atoms with E-state index in [1.54, 1.807) is 30.7 Å². The number of nitrogens with one attached hydrogen (secondary N) is 1. The van der Waals surface area contributed by atoms with Gasteiger partial charge in [0.25, 0.3) is 5.91 Å². The number of carbonyl (C=O) groups is 1. The first-order valence-electron chi connectivity index (χ1n) is 12.0. The fourth-order valence-corrected chi connectivity index (χ4v) is 5.75. The minimum absolute atomic E-state index is 0.0556. The SMILES string of the molecule is COc1cc(C=Nc2sc3c(c2C(=O)Nc2ccccc2)CC[C@H](C(C)(C)C)C3)ccc1OCC#N. The van der Waals surface area contributed by atoms with Crippen LogP contribution in [0, 0.1) is 22.7 Å². The van der Waals surface area contributed by atoms with Crippen molar-refractivity contribution in [2.24, 2.45) is 16.3 Å². The van der Waals surface area contributed by atoms with Crippen LogP contribution in [0.1, 0.15) is 53.6 Å². The number of rotatable bonds is 7. The first kappa shape index (κ1) is 25.5. The molecule has 0 spiro atoms. The van der Waals surface area contributed by atoms with Crippen molar-refractivity contribution in [1.82, 2.24) is 0 Å². The molecule has 1 aliphatic rings. The molecule has 1 N–H and O–H groups in total. The van der Waals surface area contributed by atoms with E-state index in [0.717, 1.165) is 36.1 Å². The number of thiophene rings is 1. The number of amides is 1. The molecule has 36 heavy (non-hydrogen) atoms. The number of methoxy groups -OCH3 is 1. The zero-order valence-corrected chi connectivity index (χ0v) is 21.9. The molecule has 7 heteroatoms. The summed E-state index contributed by atoms with van der Waals surface area (Å²) in [4.78, 5) is 19.5. The molecule has 0 saturated heterocycles. The van der Waals surface area contributed by atoms with Gasteiger partial charge in [-0.25, -0.2) is 4.99 Å². The third kappa shape index (κ3) is 5.77. The zero-order valence-electron chi connectivity index (χ0n) is 21.1. The van der Waals surface area contributed by atoms with Crippen LogP contribution in [0.3, 0.4) is 0 Å². The molecule has 0 bridgehead atoms. The molecule has 3 aromatic rings. The van der Waals surface area contributed by atoms with Crippen molar-refractivity contribution in [1.29, 1.82) is 5.26 Å². The number of carbonyl (C=O) groups excluding carboxylic acids is 1. The summed E-state index contributed by atoms with van der Waals surface area (Å²) in [5.41, 5.74) is 3.58. The van der Waals surface area contributed by atoms with Crippen LogP contribution in [0.5, 0.6) is 11.5 Å². The highest BCUT2D eigenvalue weighted by Gasteiger charge is 2.33. The predicted molar refractivity (Wildman–Crippen MR) is 145 cm³/mol. The standard InChI is InChI=1S/C29H31N3O3S/c1-29(2,3)20-11-12-22-25(17-20)36-28(26(22)27(33)32-21-8-6-5-7-9-21)31-18-19-10-13-23(35-15-14-30)24(16-19)34-4/h5-10,13,16,18,20H,11-12,15,17H2,1-4H3,(H,32,33)/t20-/m0/s1. The summed E-state index contributed by atoms with van der Waals surface area (Å²) in [6.07, 6.45) is 4.64. The fourth-order valence-electron chi connectivity index (χ4n) is 4.48. The molecule has 186 valence electrons. The van der Waals surface area contributed by atoms with E-state index in [4.69, 9.17) is 19.7 Å². The van der Waals surface area contributed by atoms with Crippen molar-refractivity contribution >= 4 is 34.1 Å². The van der Waals surface area contributed by atoms with E-state index in [2.05, 4.69) is 26.1 Å². The highest BCUT2D eigenvalue weighted by atomic mass is 32.1. The summed E-state index contributed by atoms with van der Waals surface area (Å²) in [5.74, 6) is 1.46. The molecule has 0 unspecified atom stereocenters. The van der Waals surface area contributed by atoms with E-state index in [0.29, 0.717) is 28.0 Å². The molecule has 2 aromatic carbocycles. The van der Waals surface area contributed by atoms with Gasteiger partial charge in [0.1, 0.15) is 11.1 Å². The molecular weight excluding hydrogens is 470 g/mol. The van der Waals surface area contributed by atoms with Gasteiger partial charge in [-0.3, -0.25) is 4.79 Å². The van der Waals surface area contributed by atoms with Crippen molar-refractivity contribution in [3.05, 3.63) is 70.1 Å². The van der Waals surface area contributed by atoms with Crippen molar-refractivity contribution in [3.8, 4) is 17.6 Å². The van der Waals surface area contributed by atoms with Gasteiger partial charge in [0, 0.05) is 16.8 Å². The van der Waals surface area contributed by atoms with E-state index in [1.807, 2.05) is 48.5 Å². The monoisotopic (exact) mass is 501 g/mol. The number of hydrogen-bond acceptors (Lipinski definition) is 6. The molecule has 1 aliphatic carbocycles. The van der Waals surface area contributed by atoms with Gasteiger partial charge >= 0.3 is 0 Å². The second-order valence-corrected chi connectivity index (χ2v) is 11.0. The van der Waals surface area contributed by atoms with Crippen molar-refractivity contribution in [2.45, 2.75) is 40.0 Å². The topological polar surface area (TPSA) is 83.7 Å². The number of benzene rings is 2. The highest BCUT2D eigenvalue weighted by molar-refractivity contribution is 7.16. The summed E-state index contributed by atoms with van der Waals surface area (Å²) in [7, 11) is 1.56. The van der Waals surface area contributed by atoms with Gasteiger partial charge < -0.3 is 14.8 Å². The minimum Gasteiger partial charge on any atom is -0.493 e. The lowest BCUT2D eigenvalue weighted by Gasteiger charge is -2.33. The second kappa shape index (κ2) is 11.0. The molecular formula is C29H31N3O3S. The van der Waals surface area contributed by atoms with Crippen LogP contribution in [-0.4, -0.2) is 25.8 Å². The molecule has 1 heterocycles. The van der Waals surface area contributed by atoms with Gasteiger partial charge in [0.05, 0.1) is 12.7 Å². The molecule has 1 aromatic heterocycles. The van der Waals surface area contributed by atoms with Gasteiger partial charge in [0.2, 0.25) is 0 Å². The third-order valence-corrected chi connectivity index (χ3v) is 7.70. The lowest BCUT2D eigenvalue weighted by molar-refractivity contribution is 0.102. The molecule has 1 amide bonds. The molecule has 0 aliphatic heterocycles. The van der Waals surface area contributed by atoms with Crippen LogP contribution < -0.4 is 14.8 Å². The Hall–Kier alpha value is -3.63. The number of nitriles is 1. The fraction of sp³-hybridized carbons (Fsp3) is 0.345. The van der Waals surface area contributed by atoms with E-state index in [9.17, 15) is 4.79 Å². The van der Waals surface area contributed by atoms with Crippen LogP contribution in [0.2, 0.25) is 0 Å². The summed E-state index contributed by atoms with van der Waals surface area (Å²) in [5, 5.41) is 12.5. The Morgan fingerprint density at radius 3 is 2.69 bits per heavy atom. The smallest absolute Gasteiger partial charge is 0.259 e. The Morgan fingerprint density at radius 2 is 2.00 bits per heavy atom. The van der Waals surface area contributed by atoms with Crippen LogP contribution in [-0.2, 0) is 12.8 Å². The number of aliphatic imine (C=N–C) groups is 1.